The molecule has 1 atom stereocenters. The zero-order valence-corrected chi connectivity index (χ0v) is 9.71. The van der Waals surface area contributed by atoms with Crippen LogP contribution in [0.1, 0.15) is 17.3 Å². The third kappa shape index (κ3) is 3.28. The van der Waals surface area contributed by atoms with Gasteiger partial charge in [0.1, 0.15) is 5.82 Å². The lowest BCUT2D eigenvalue weighted by Gasteiger charge is -2.11. The molecule has 0 fully saturated rings. The number of amides is 1. The van der Waals surface area contributed by atoms with Gasteiger partial charge >= 0.3 is 0 Å². The van der Waals surface area contributed by atoms with E-state index in [1.165, 1.54) is 18.2 Å². The molecule has 0 saturated heterocycles. The van der Waals surface area contributed by atoms with E-state index < -0.39 is 5.82 Å². The first-order valence-electron chi connectivity index (χ1n) is 4.41. The predicted octanol–water partition coefficient (Wildman–Crippen LogP) is 1.70. The maximum atomic E-state index is 12.7. The van der Waals surface area contributed by atoms with E-state index in [0.29, 0.717) is 10.0 Å². The van der Waals surface area contributed by atoms with Crippen LogP contribution in [0.15, 0.2) is 22.7 Å². The molecular formula is C10H11BrFNO2. The first-order valence-corrected chi connectivity index (χ1v) is 5.20. The summed E-state index contributed by atoms with van der Waals surface area (Å²) in [6.45, 7) is 1.54. The van der Waals surface area contributed by atoms with Gasteiger partial charge in [-0.25, -0.2) is 4.39 Å². The third-order valence-corrected chi connectivity index (χ3v) is 2.48. The van der Waals surface area contributed by atoms with Gasteiger partial charge in [0.2, 0.25) is 0 Å². The minimum Gasteiger partial charge on any atom is -0.394 e. The minimum atomic E-state index is -0.409. The lowest BCUT2D eigenvalue weighted by Crippen LogP contribution is -2.35. The number of carbonyl (C=O) groups excluding carboxylic acids is 1. The normalized spacial score (nSPS) is 12.3. The monoisotopic (exact) mass is 275 g/mol. The van der Waals surface area contributed by atoms with Crippen LogP contribution in [-0.4, -0.2) is 23.7 Å². The van der Waals surface area contributed by atoms with Crippen LogP contribution in [0, 0.1) is 5.82 Å². The summed E-state index contributed by atoms with van der Waals surface area (Å²) in [5, 5.41) is 11.3. The number of nitrogens with one attached hydrogen (secondary N) is 1. The number of aliphatic hydroxyl groups is 1. The second kappa shape index (κ2) is 5.23. The van der Waals surface area contributed by atoms with Crippen molar-refractivity contribution in [3.8, 4) is 0 Å². The Morgan fingerprint density at radius 1 is 1.67 bits per heavy atom. The van der Waals surface area contributed by atoms with Crippen LogP contribution in [0.25, 0.3) is 0 Å². The molecule has 5 heteroatoms. The fraction of sp³-hybridized carbons (Fsp3) is 0.300. The number of aliphatic hydroxyl groups excluding tert-OH is 1. The molecule has 0 spiro atoms. The second-order valence-electron chi connectivity index (χ2n) is 3.18. The molecule has 0 bridgehead atoms. The second-order valence-corrected chi connectivity index (χ2v) is 4.04. The van der Waals surface area contributed by atoms with Crippen LogP contribution in [0.5, 0.6) is 0 Å². The predicted molar refractivity (Wildman–Crippen MR) is 58.1 cm³/mol. The fourth-order valence-corrected chi connectivity index (χ4v) is 1.55. The first-order chi connectivity index (χ1) is 7.04. The van der Waals surface area contributed by atoms with Gasteiger partial charge in [-0.3, -0.25) is 4.79 Å². The molecule has 0 unspecified atom stereocenters. The van der Waals surface area contributed by atoms with Gasteiger partial charge in [0, 0.05) is 10.5 Å². The van der Waals surface area contributed by atoms with Gasteiger partial charge in [-0.2, -0.15) is 0 Å². The maximum Gasteiger partial charge on any atom is 0.252 e. The Kier molecular flexibility index (Phi) is 4.23. The summed E-state index contributed by atoms with van der Waals surface area (Å²) >= 11 is 3.10. The van der Waals surface area contributed by atoms with Crippen molar-refractivity contribution in [2.75, 3.05) is 6.61 Å². The first kappa shape index (κ1) is 12.1. The number of hydrogen-bond acceptors (Lipinski definition) is 2. The Morgan fingerprint density at radius 3 is 2.87 bits per heavy atom. The van der Waals surface area contributed by atoms with Crippen molar-refractivity contribution in [1.29, 1.82) is 0 Å². The fourth-order valence-electron chi connectivity index (χ4n) is 1.02. The van der Waals surface area contributed by atoms with Gasteiger partial charge in [0.15, 0.2) is 0 Å². The van der Waals surface area contributed by atoms with Crippen LogP contribution in [0.3, 0.4) is 0 Å². The largest absolute Gasteiger partial charge is 0.394 e. The average Bonchev–Trinajstić information content (AvgIpc) is 2.17. The van der Waals surface area contributed by atoms with Gasteiger partial charge in [0.05, 0.1) is 12.2 Å². The Morgan fingerprint density at radius 2 is 2.33 bits per heavy atom. The van der Waals surface area contributed by atoms with E-state index in [2.05, 4.69) is 21.2 Å². The Labute approximate surface area is 95.4 Å². The van der Waals surface area contributed by atoms with Gasteiger partial charge in [-0.05, 0) is 41.1 Å². The van der Waals surface area contributed by atoms with Gasteiger partial charge in [-0.15, -0.1) is 0 Å². The molecule has 3 nitrogen and oxygen atoms in total. The summed E-state index contributed by atoms with van der Waals surface area (Å²) < 4.78 is 13.1. The highest BCUT2D eigenvalue weighted by atomic mass is 79.9. The number of halogens is 2. The molecule has 1 aromatic rings. The summed E-state index contributed by atoms with van der Waals surface area (Å²) in [6, 6.07) is 3.50. The van der Waals surface area contributed by atoms with Crippen molar-refractivity contribution in [2.45, 2.75) is 13.0 Å². The average molecular weight is 276 g/mol. The standard InChI is InChI=1S/C10H11BrFNO2/c1-6(5-14)13-10(15)8-3-2-7(12)4-9(8)11/h2-4,6,14H,5H2,1H3,(H,13,15)/t6-/m0/s1. The van der Waals surface area contributed by atoms with Crippen LogP contribution < -0.4 is 5.32 Å². The zero-order chi connectivity index (χ0) is 11.4. The number of hydrogen-bond donors (Lipinski definition) is 2. The molecule has 0 radical (unpaired) electrons. The molecule has 0 saturated carbocycles. The van der Waals surface area contributed by atoms with Crippen molar-refractivity contribution < 1.29 is 14.3 Å². The van der Waals surface area contributed by atoms with E-state index >= 15 is 0 Å². The zero-order valence-electron chi connectivity index (χ0n) is 8.13. The summed E-state index contributed by atoms with van der Waals surface area (Å²) in [4.78, 5) is 11.6. The van der Waals surface area contributed by atoms with E-state index in [0.717, 1.165) is 0 Å². The van der Waals surface area contributed by atoms with Crippen molar-refractivity contribution in [3.63, 3.8) is 0 Å². The lowest BCUT2D eigenvalue weighted by atomic mass is 10.2. The number of benzene rings is 1. The molecule has 0 aliphatic heterocycles. The van der Waals surface area contributed by atoms with Crippen molar-refractivity contribution >= 4 is 21.8 Å². The molecular weight excluding hydrogens is 265 g/mol. The topological polar surface area (TPSA) is 49.3 Å². The highest BCUT2D eigenvalue weighted by Gasteiger charge is 2.12. The van der Waals surface area contributed by atoms with E-state index in [-0.39, 0.29) is 18.6 Å². The van der Waals surface area contributed by atoms with Gasteiger partial charge in [-0.1, -0.05) is 0 Å². The Hall–Kier alpha value is -0.940. The quantitative estimate of drug-likeness (QED) is 0.882. The molecule has 15 heavy (non-hydrogen) atoms. The van der Waals surface area contributed by atoms with Crippen LogP contribution in [-0.2, 0) is 0 Å². The SMILES string of the molecule is C[C@@H](CO)NC(=O)c1ccc(F)cc1Br. The number of carbonyl (C=O) groups is 1. The van der Waals surface area contributed by atoms with E-state index in [1.54, 1.807) is 6.92 Å². The Balaban J connectivity index is 2.82. The molecule has 0 aliphatic carbocycles. The number of rotatable bonds is 3. The van der Waals surface area contributed by atoms with Crippen LogP contribution >= 0.6 is 15.9 Å². The highest BCUT2D eigenvalue weighted by Crippen LogP contribution is 2.17. The van der Waals surface area contributed by atoms with E-state index in [1.807, 2.05) is 0 Å². The summed E-state index contributed by atoms with van der Waals surface area (Å²) in [5.74, 6) is -0.753. The van der Waals surface area contributed by atoms with Gasteiger partial charge < -0.3 is 10.4 Å². The highest BCUT2D eigenvalue weighted by molar-refractivity contribution is 9.10. The molecule has 1 aromatic carbocycles. The molecule has 1 amide bonds. The molecule has 0 aliphatic rings. The van der Waals surface area contributed by atoms with Crippen molar-refractivity contribution in [3.05, 3.63) is 34.1 Å². The van der Waals surface area contributed by atoms with Crippen LogP contribution in [0.4, 0.5) is 4.39 Å². The maximum absolute atomic E-state index is 12.7. The molecule has 0 heterocycles. The third-order valence-electron chi connectivity index (χ3n) is 1.83. The van der Waals surface area contributed by atoms with Crippen LogP contribution in [0.2, 0.25) is 0 Å². The minimum absolute atomic E-state index is 0.134. The van der Waals surface area contributed by atoms with Crippen molar-refractivity contribution in [2.24, 2.45) is 0 Å². The summed E-state index contributed by atoms with van der Waals surface area (Å²) in [7, 11) is 0. The summed E-state index contributed by atoms with van der Waals surface area (Å²) in [5.41, 5.74) is 0.344. The lowest BCUT2D eigenvalue weighted by molar-refractivity contribution is 0.0921. The van der Waals surface area contributed by atoms with E-state index in [9.17, 15) is 9.18 Å². The Bertz CT molecular complexity index is 370. The molecule has 82 valence electrons. The van der Waals surface area contributed by atoms with Crippen molar-refractivity contribution in [1.82, 2.24) is 5.32 Å². The molecule has 2 N–H and O–H groups in total. The smallest absolute Gasteiger partial charge is 0.252 e. The van der Waals surface area contributed by atoms with Gasteiger partial charge in [0.25, 0.3) is 5.91 Å². The van der Waals surface area contributed by atoms with E-state index in [4.69, 9.17) is 5.11 Å². The molecule has 0 aromatic heterocycles. The molecule has 1 rings (SSSR count). The summed E-state index contributed by atoms with van der Waals surface area (Å²) in [6.07, 6.45) is 0.